The van der Waals surface area contributed by atoms with Crippen LogP contribution in [0.3, 0.4) is 0 Å². The first kappa shape index (κ1) is 16.4. The molecule has 0 saturated heterocycles. The number of carbonyl (C=O) groups is 1. The van der Waals surface area contributed by atoms with E-state index in [1.165, 1.54) is 4.57 Å². The first-order chi connectivity index (χ1) is 12.1. The predicted octanol–water partition coefficient (Wildman–Crippen LogP) is 2.59. The highest BCUT2D eigenvalue weighted by Gasteiger charge is 2.14. The molecule has 0 fully saturated rings. The normalized spacial score (nSPS) is 10.4. The van der Waals surface area contributed by atoms with E-state index in [9.17, 15) is 9.59 Å². The van der Waals surface area contributed by atoms with Crippen molar-refractivity contribution < 1.29 is 9.53 Å². The van der Waals surface area contributed by atoms with Crippen molar-refractivity contribution in [2.24, 2.45) is 0 Å². The number of fused-ring (bicyclic) bond motifs is 1. The van der Waals surface area contributed by atoms with Crippen molar-refractivity contribution in [1.29, 1.82) is 5.26 Å². The molecule has 1 aromatic heterocycles. The molecule has 0 saturated carbocycles. The zero-order valence-electron chi connectivity index (χ0n) is 13.6. The second-order valence-electron chi connectivity index (χ2n) is 5.49. The van der Waals surface area contributed by atoms with Crippen molar-refractivity contribution in [3.05, 3.63) is 75.8 Å². The van der Waals surface area contributed by atoms with Gasteiger partial charge in [-0.15, -0.1) is 0 Å². The fourth-order valence-electron chi connectivity index (χ4n) is 2.57. The molecule has 25 heavy (non-hydrogen) atoms. The van der Waals surface area contributed by atoms with Gasteiger partial charge in [0.2, 0.25) is 0 Å². The Morgan fingerprint density at radius 1 is 1.20 bits per heavy atom. The van der Waals surface area contributed by atoms with E-state index in [1.807, 2.05) is 25.1 Å². The average Bonchev–Trinajstić information content (AvgIpc) is 2.63. The summed E-state index contributed by atoms with van der Waals surface area (Å²) in [5.74, 6) is -0.254. The highest BCUT2D eigenvalue weighted by Crippen LogP contribution is 2.12. The van der Waals surface area contributed by atoms with E-state index in [-0.39, 0.29) is 24.5 Å². The van der Waals surface area contributed by atoms with E-state index in [0.29, 0.717) is 16.5 Å². The zero-order valence-corrected chi connectivity index (χ0v) is 13.6. The average molecular weight is 333 g/mol. The van der Waals surface area contributed by atoms with Crippen LogP contribution in [-0.4, -0.2) is 15.5 Å². The number of aryl methyl sites for hydroxylation is 1. The fourth-order valence-corrected chi connectivity index (χ4v) is 2.57. The molecule has 0 aliphatic rings. The third kappa shape index (κ3) is 3.26. The Labute approximate surface area is 143 Å². The zero-order chi connectivity index (χ0) is 17.8. The summed E-state index contributed by atoms with van der Waals surface area (Å²) in [6, 6.07) is 15.9. The van der Waals surface area contributed by atoms with Crippen LogP contribution in [0.2, 0.25) is 0 Å². The molecule has 3 rings (SSSR count). The molecule has 0 radical (unpaired) electrons. The molecule has 6 nitrogen and oxygen atoms in total. The number of para-hydroxylation sites is 1. The number of hydrogen-bond acceptors (Lipinski definition) is 5. The van der Waals surface area contributed by atoms with Crippen molar-refractivity contribution in [3.63, 3.8) is 0 Å². The maximum Gasteiger partial charge on any atom is 0.338 e. The van der Waals surface area contributed by atoms with Gasteiger partial charge in [0.05, 0.1) is 22.5 Å². The lowest BCUT2D eigenvalue weighted by Crippen LogP contribution is -2.26. The molecule has 1 heterocycles. The second-order valence-corrected chi connectivity index (χ2v) is 5.49. The van der Waals surface area contributed by atoms with Gasteiger partial charge in [-0.2, -0.15) is 5.26 Å². The molecule has 124 valence electrons. The Bertz CT molecular complexity index is 1050. The topological polar surface area (TPSA) is 85.0 Å². The van der Waals surface area contributed by atoms with Gasteiger partial charge in [-0.25, -0.2) is 9.78 Å². The molecule has 0 spiro atoms. The summed E-state index contributed by atoms with van der Waals surface area (Å²) >= 11 is 0. The number of rotatable bonds is 4. The molecule has 2 aromatic carbocycles. The van der Waals surface area contributed by atoms with E-state index >= 15 is 0 Å². The highest BCUT2D eigenvalue weighted by molar-refractivity contribution is 5.90. The van der Waals surface area contributed by atoms with Crippen LogP contribution in [-0.2, 0) is 17.9 Å². The van der Waals surface area contributed by atoms with Gasteiger partial charge in [0.25, 0.3) is 5.56 Å². The van der Waals surface area contributed by atoms with E-state index < -0.39 is 5.97 Å². The third-order valence-corrected chi connectivity index (χ3v) is 3.87. The number of esters is 1. The number of carbonyl (C=O) groups excluding carboxylic acids is 1. The molecule has 0 amide bonds. The van der Waals surface area contributed by atoms with E-state index in [1.54, 1.807) is 36.4 Å². The summed E-state index contributed by atoms with van der Waals surface area (Å²) in [7, 11) is 0. The van der Waals surface area contributed by atoms with Gasteiger partial charge in [-0.3, -0.25) is 9.36 Å². The van der Waals surface area contributed by atoms with Crippen LogP contribution < -0.4 is 5.56 Å². The van der Waals surface area contributed by atoms with Gasteiger partial charge < -0.3 is 4.74 Å². The standard InChI is InChI=1S/C19H15N3O3/c1-13-6-2-3-7-14(13)19(24)25-12-17-21-16-9-5-4-8-15(16)18(23)22(17)11-10-20/h2-9H,11-12H2,1H3. The number of ether oxygens (including phenoxy) is 1. The molecule has 0 atom stereocenters. The molecule has 0 unspecified atom stereocenters. The summed E-state index contributed by atoms with van der Waals surface area (Å²) in [6.07, 6.45) is 0. The largest absolute Gasteiger partial charge is 0.454 e. The van der Waals surface area contributed by atoms with Gasteiger partial charge >= 0.3 is 5.97 Å². The van der Waals surface area contributed by atoms with Crippen molar-refractivity contribution in [2.75, 3.05) is 0 Å². The van der Waals surface area contributed by atoms with Gasteiger partial charge in [-0.1, -0.05) is 30.3 Å². The summed E-state index contributed by atoms with van der Waals surface area (Å²) in [5, 5.41) is 9.41. The first-order valence-electron chi connectivity index (χ1n) is 7.70. The van der Waals surface area contributed by atoms with Crippen molar-refractivity contribution in [3.8, 4) is 6.07 Å². The maximum atomic E-state index is 12.5. The van der Waals surface area contributed by atoms with Crippen molar-refractivity contribution >= 4 is 16.9 Å². The van der Waals surface area contributed by atoms with E-state index in [2.05, 4.69) is 4.98 Å². The molecule has 0 aliphatic heterocycles. The van der Waals surface area contributed by atoms with Gasteiger partial charge in [0.15, 0.2) is 5.82 Å². The lowest BCUT2D eigenvalue weighted by atomic mass is 10.1. The lowest BCUT2D eigenvalue weighted by Gasteiger charge is -2.12. The number of aromatic nitrogens is 2. The minimum atomic E-state index is -0.496. The Hall–Kier alpha value is -3.46. The lowest BCUT2D eigenvalue weighted by molar-refractivity contribution is 0.0456. The Morgan fingerprint density at radius 3 is 2.68 bits per heavy atom. The van der Waals surface area contributed by atoms with Crippen molar-refractivity contribution in [2.45, 2.75) is 20.1 Å². The van der Waals surface area contributed by atoms with E-state index in [0.717, 1.165) is 5.56 Å². The van der Waals surface area contributed by atoms with Gasteiger partial charge in [0.1, 0.15) is 13.2 Å². The SMILES string of the molecule is Cc1ccccc1C(=O)OCc1nc2ccccc2c(=O)n1CC#N. The van der Waals surface area contributed by atoms with Crippen LogP contribution in [0.25, 0.3) is 10.9 Å². The molecule has 0 bridgehead atoms. The van der Waals surface area contributed by atoms with Crippen LogP contribution >= 0.6 is 0 Å². The van der Waals surface area contributed by atoms with Crippen LogP contribution in [0, 0.1) is 18.3 Å². The van der Waals surface area contributed by atoms with Crippen LogP contribution in [0.4, 0.5) is 0 Å². The summed E-state index contributed by atoms with van der Waals surface area (Å²) < 4.78 is 6.54. The second kappa shape index (κ2) is 6.97. The fraction of sp³-hybridized carbons (Fsp3) is 0.158. The summed E-state index contributed by atoms with van der Waals surface area (Å²) in [4.78, 5) is 29.2. The summed E-state index contributed by atoms with van der Waals surface area (Å²) in [5.41, 5.74) is 1.43. The number of hydrogen-bond donors (Lipinski definition) is 0. The predicted molar refractivity (Wildman–Crippen MR) is 91.9 cm³/mol. The summed E-state index contributed by atoms with van der Waals surface area (Å²) in [6.45, 7) is 1.47. The molecule has 6 heteroatoms. The number of nitrogens with zero attached hydrogens (tertiary/aromatic N) is 3. The van der Waals surface area contributed by atoms with Crippen LogP contribution in [0.15, 0.2) is 53.3 Å². The third-order valence-electron chi connectivity index (χ3n) is 3.87. The van der Waals surface area contributed by atoms with Crippen LogP contribution in [0.5, 0.6) is 0 Å². The Balaban J connectivity index is 1.94. The maximum absolute atomic E-state index is 12.5. The van der Waals surface area contributed by atoms with Crippen LogP contribution in [0.1, 0.15) is 21.7 Å². The van der Waals surface area contributed by atoms with E-state index in [4.69, 9.17) is 10.00 Å². The van der Waals surface area contributed by atoms with Gasteiger partial charge in [0, 0.05) is 0 Å². The molecular formula is C19H15N3O3. The number of nitriles is 1. The molecular weight excluding hydrogens is 318 g/mol. The highest BCUT2D eigenvalue weighted by atomic mass is 16.5. The quantitative estimate of drug-likeness (QED) is 0.685. The molecule has 0 aliphatic carbocycles. The Kier molecular flexibility index (Phi) is 4.57. The number of benzene rings is 2. The van der Waals surface area contributed by atoms with Crippen molar-refractivity contribution in [1.82, 2.24) is 9.55 Å². The van der Waals surface area contributed by atoms with Gasteiger partial charge in [-0.05, 0) is 30.7 Å². The monoisotopic (exact) mass is 333 g/mol. The molecule has 3 aromatic rings. The molecule has 0 N–H and O–H groups in total. The smallest absolute Gasteiger partial charge is 0.338 e. The minimum absolute atomic E-state index is 0.159. The first-order valence-corrected chi connectivity index (χ1v) is 7.70. The minimum Gasteiger partial charge on any atom is -0.454 e. The Morgan fingerprint density at radius 2 is 1.92 bits per heavy atom.